The van der Waals surface area contributed by atoms with Gasteiger partial charge in [-0.2, -0.15) is 0 Å². The first kappa shape index (κ1) is 15.0. The molecule has 2 unspecified atom stereocenters. The zero-order valence-corrected chi connectivity index (χ0v) is 11.2. The largest absolute Gasteiger partial charge is 0.481 e. The van der Waals surface area contributed by atoms with Crippen molar-refractivity contribution in [3.63, 3.8) is 0 Å². The van der Waals surface area contributed by atoms with E-state index >= 15 is 0 Å². The van der Waals surface area contributed by atoms with Crippen molar-refractivity contribution in [2.45, 2.75) is 51.5 Å². The van der Waals surface area contributed by atoms with Crippen LogP contribution < -0.4 is 5.32 Å². The third-order valence-electron chi connectivity index (χ3n) is 3.42. The Hall–Kier alpha value is -1.10. The highest BCUT2D eigenvalue weighted by Gasteiger charge is 2.39. The van der Waals surface area contributed by atoms with Crippen LogP contribution in [0, 0.1) is 5.92 Å². The van der Waals surface area contributed by atoms with Crippen LogP contribution in [-0.2, 0) is 14.3 Å². The van der Waals surface area contributed by atoms with E-state index in [0.29, 0.717) is 19.6 Å². The summed E-state index contributed by atoms with van der Waals surface area (Å²) in [5.74, 6) is -1.03. The maximum absolute atomic E-state index is 12.0. The van der Waals surface area contributed by atoms with Crippen molar-refractivity contribution in [3.8, 4) is 0 Å². The van der Waals surface area contributed by atoms with E-state index in [9.17, 15) is 9.59 Å². The zero-order chi connectivity index (χ0) is 13.6. The van der Waals surface area contributed by atoms with E-state index in [-0.39, 0.29) is 18.2 Å². The van der Waals surface area contributed by atoms with Crippen molar-refractivity contribution in [1.29, 1.82) is 0 Å². The predicted molar refractivity (Wildman–Crippen MR) is 67.3 cm³/mol. The second kappa shape index (κ2) is 6.73. The lowest BCUT2D eigenvalue weighted by atomic mass is 9.92. The Bertz CT molecular complexity index is 297. The molecule has 0 aliphatic carbocycles. The molecule has 0 saturated carbocycles. The average molecular weight is 257 g/mol. The normalized spacial score (nSPS) is 24.8. The molecule has 5 heteroatoms. The molecule has 0 spiro atoms. The number of rotatable bonds is 7. The molecule has 2 N–H and O–H groups in total. The highest BCUT2D eigenvalue weighted by Crippen LogP contribution is 2.23. The molecule has 1 rings (SSSR count). The fourth-order valence-corrected chi connectivity index (χ4v) is 2.20. The third kappa shape index (κ3) is 4.29. The van der Waals surface area contributed by atoms with Crippen LogP contribution in [0.2, 0.25) is 0 Å². The van der Waals surface area contributed by atoms with Crippen LogP contribution in [0.5, 0.6) is 0 Å². The van der Waals surface area contributed by atoms with Gasteiger partial charge in [0.15, 0.2) is 0 Å². The van der Waals surface area contributed by atoms with Gasteiger partial charge in [-0.25, -0.2) is 0 Å². The molecule has 104 valence electrons. The van der Waals surface area contributed by atoms with Gasteiger partial charge in [0.05, 0.1) is 18.6 Å². The number of carboxylic acid groups (broad SMARTS) is 1. The van der Waals surface area contributed by atoms with E-state index in [1.165, 1.54) is 0 Å². The van der Waals surface area contributed by atoms with Gasteiger partial charge in [0.25, 0.3) is 0 Å². The van der Waals surface area contributed by atoms with Crippen LogP contribution in [-0.4, -0.2) is 35.7 Å². The van der Waals surface area contributed by atoms with Gasteiger partial charge in [-0.05, 0) is 12.8 Å². The van der Waals surface area contributed by atoms with Crippen LogP contribution in [0.4, 0.5) is 0 Å². The molecule has 5 nitrogen and oxygen atoms in total. The maximum Gasteiger partial charge on any atom is 0.305 e. The summed E-state index contributed by atoms with van der Waals surface area (Å²) in [6.07, 6.45) is 3.41. The molecule has 1 amide bonds. The summed E-state index contributed by atoms with van der Waals surface area (Å²) in [4.78, 5) is 22.9. The van der Waals surface area contributed by atoms with E-state index in [1.54, 1.807) is 0 Å². The standard InChI is InChI=1S/C13H23NO4/c1-3-4-5-10(2)12(17)14-13(8-11(15)16)6-7-18-9-13/h10H,3-9H2,1-2H3,(H,14,17)(H,15,16). The van der Waals surface area contributed by atoms with E-state index in [4.69, 9.17) is 9.84 Å². The Morgan fingerprint density at radius 3 is 2.72 bits per heavy atom. The molecule has 2 atom stereocenters. The first-order valence-corrected chi connectivity index (χ1v) is 6.60. The molecule has 0 aromatic rings. The average Bonchev–Trinajstić information content (AvgIpc) is 2.72. The van der Waals surface area contributed by atoms with Gasteiger partial charge in [0.1, 0.15) is 0 Å². The second-order valence-corrected chi connectivity index (χ2v) is 5.19. The molecule has 0 aromatic carbocycles. The predicted octanol–water partition coefficient (Wildman–Crippen LogP) is 1.56. The number of carboxylic acids is 1. The number of ether oxygens (including phenoxy) is 1. The van der Waals surface area contributed by atoms with Gasteiger partial charge in [-0.15, -0.1) is 0 Å². The van der Waals surface area contributed by atoms with Crippen molar-refractivity contribution in [2.24, 2.45) is 5.92 Å². The summed E-state index contributed by atoms with van der Waals surface area (Å²) in [6, 6.07) is 0. The number of hydrogen-bond donors (Lipinski definition) is 2. The van der Waals surface area contributed by atoms with E-state index in [0.717, 1.165) is 19.3 Å². The van der Waals surface area contributed by atoms with Gasteiger partial charge >= 0.3 is 5.97 Å². The summed E-state index contributed by atoms with van der Waals surface area (Å²) in [6.45, 7) is 4.78. The first-order valence-electron chi connectivity index (χ1n) is 6.60. The Kier molecular flexibility index (Phi) is 5.59. The third-order valence-corrected chi connectivity index (χ3v) is 3.42. The lowest BCUT2D eigenvalue weighted by Crippen LogP contribution is -2.52. The number of nitrogens with one attached hydrogen (secondary N) is 1. The smallest absolute Gasteiger partial charge is 0.305 e. The quantitative estimate of drug-likeness (QED) is 0.725. The van der Waals surface area contributed by atoms with Crippen molar-refractivity contribution >= 4 is 11.9 Å². The first-order chi connectivity index (χ1) is 8.49. The minimum Gasteiger partial charge on any atom is -0.481 e. The molecule has 1 aliphatic heterocycles. The van der Waals surface area contributed by atoms with E-state index in [2.05, 4.69) is 12.2 Å². The fourth-order valence-electron chi connectivity index (χ4n) is 2.20. The lowest BCUT2D eigenvalue weighted by Gasteiger charge is -2.28. The Morgan fingerprint density at radius 1 is 1.50 bits per heavy atom. The highest BCUT2D eigenvalue weighted by atomic mass is 16.5. The minimum absolute atomic E-state index is 0.0600. The van der Waals surface area contributed by atoms with Crippen LogP contribution >= 0.6 is 0 Å². The molecule has 0 aromatic heterocycles. The van der Waals surface area contributed by atoms with Gasteiger partial charge in [-0.1, -0.05) is 26.7 Å². The molecular formula is C13H23NO4. The number of hydrogen-bond acceptors (Lipinski definition) is 3. The summed E-state index contributed by atoms with van der Waals surface area (Å²) in [5, 5.41) is 11.8. The summed E-state index contributed by atoms with van der Waals surface area (Å²) >= 11 is 0. The summed E-state index contributed by atoms with van der Waals surface area (Å²) in [5.41, 5.74) is -0.705. The molecule has 1 aliphatic rings. The fraction of sp³-hybridized carbons (Fsp3) is 0.846. The number of unbranched alkanes of at least 4 members (excludes halogenated alkanes) is 1. The van der Waals surface area contributed by atoms with Crippen molar-refractivity contribution in [1.82, 2.24) is 5.32 Å². The number of amides is 1. The second-order valence-electron chi connectivity index (χ2n) is 5.19. The number of carbonyl (C=O) groups excluding carboxylic acids is 1. The maximum atomic E-state index is 12.0. The Labute approximate surface area is 108 Å². The van der Waals surface area contributed by atoms with Crippen LogP contribution in [0.15, 0.2) is 0 Å². The molecule has 0 radical (unpaired) electrons. The van der Waals surface area contributed by atoms with Crippen molar-refractivity contribution < 1.29 is 19.4 Å². The van der Waals surface area contributed by atoms with Gasteiger partial charge in [-0.3, -0.25) is 9.59 Å². The summed E-state index contributed by atoms with van der Waals surface area (Å²) < 4.78 is 5.25. The number of aliphatic carboxylic acids is 1. The Balaban J connectivity index is 2.55. The number of carbonyl (C=O) groups is 2. The summed E-state index contributed by atoms with van der Waals surface area (Å²) in [7, 11) is 0. The van der Waals surface area contributed by atoms with Gasteiger partial charge in [0.2, 0.25) is 5.91 Å². The Morgan fingerprint density at radius 2 is 2.22 bits per heavy atom. The van der Waals surface area contributed by atoms with Crippen LogP contribution in [0.3, 0.4) is 0 Å². The van der Waals surface area contributed by atoms with Crippen LogP contribution in [0.1, 0.15) is 46.0 Å². The van der Waals surface area contributed by atoms with E-state index in [1.807, 2.05) is 6.92 Å². The monoisotopic (exact) mass is 257 g/mol. The van der Waals surface area contributed by atoms with Gasteiger partial charge in [0, 0.05) is 12.5 Å². The van der Waals surface area contributed by atoms with Crippen LogP contribution in [0.25, 0.3) is 0 Å². The van der Waals surface area contributed by atoms with Crippen molar-refractivity contribution in [3.05, 3.63) is 0 Å². The lowest BCUT2D eigenvalue weighted by molar-refractivity contribution is -0.139. The molecule has 0 bridgehead atoms. The molecule has 1 fully saturated rings. The topological polar surface area (TPSA) is 75.6 Å². The van der Waals surface area contributed by atoms with E-state index < -0.39 is 11.5 Å². The zero-order valence-electron chi connectivity index (χ0n) is 11.2. The SMILES string of the molecule is CCCCC(C)C(=O)NC1(CC(=O)O)CCOC1. The molecule has 1 saturated heterocycles. The minimum atomic E-state index is -0.901. The van der Waals surface area contributed by atoms with Gasteiger partial charge < -0.3 is 15.2 Å². The highest BCUT2D eigenvalue weighted by molar-refractivity contribution is 5.80. The molecule has 1 heterocycles. The van der Waals surface area contributed by atoms with Crippen molar-refractivity contribution in [2.75, 3.05) is 13.2 Å². The molecular weight excluding hydrogens is 234 g/mol. The molecule has 18 heavy (non-hydrogen) atoms.